The van der Waals surface area contributed by atoms with Crippen molar-refractivity contribution in [1.82, 2.24) is 10.2 Å². The first kappa shape index (κ1) is 22.2. The van der Waals surface area contributed by atoms with Crippen molar-refractivity contribution in [2.45, 2.75) is 12.5 Å². The molecule has 2 aromatic rings. The number of barbiturate groups is 1. The van der Waals surface area contributed by atoms with Gasteiger partial charge < -0.3 is 19.3 Å². The van der Waals surface area contributed by atoms with Crippen LogP contribution in [0, 0.1) is 5.41 Å². The van der Waals surface area contributed by atoms with Crippen LogP contribution in [0.1, 0.15) is 5.56 Å². The number of nitrogens with zero attached hydrogens (tertiary/aromatic N) is 3. The summed E-state index contributed by atoms with van der Waals surface area (Å²) in [6.45, 7) is 2.13. The van der Waals surface area contributed by atoms with Crippen molar-refractivity contribution in [3.63, 3.8) is 0 Å². The van der Waals surface area contributed by atoms with Gasteiger partial charge in [0.1, 0.15) is 5.75 Å². The SMILES string of the molecule is COCCN1C(=O)NC(=O)[C@]2(Cc3ccccc3N3CCN(c4ccc(OC)cc4)C[C@@H]32)C1=O. The van der Waals surface area contributed by atoms with E-state index in [2.05, 4.69) is 15.1 Å². The topological polar surface area (TPSA) is 91.4 Å². The number of hydrogen-bond acceptors (Lipinski definition) is 7. The molecule has 1 spiro atoms. The van der Waals surface area contributed by atoms with Gasteiger partial charge in [-0.1, -0.05) is 18.2 Å². The van der Waals surface area contributed by atoms with E-state index >= 15 is 0 Å². The molecule has 5 rings (SSSR count). The van der Waals surface area contributed by atoms with Crippen molar-refractivity contribution in [1.29, 1.82) is 0 Å². The monoisotopic (exact) mass is 464 g/mol. The second kappa shape index (κ2) is 8.64. The van der Waals surface area contributed by atoms with E-state index in [0.29, 0.717) is 13.1 Å². The molecule has 0 unspecified atom stereocenters. The molecule has 2 fully saturated rings. The summed E-state index contributed by atoms with van der Waals surface area (Å²) in [5.74, 6) is -0.226. The summed E-state index contributed by atoms with van der Waals surface area (Å²) in [6.07, 6.45) is 0.238. The van der Waals surface area contributed by atoms with Crippen LogP contribution in [0.3, 0.4) is 0 Å². The molecular weight excluding hydrogens is 436 g/mol. The van der Waals surface area contributed by atoms with Crippen molar-refractivity contribution in [2.75, 3.05) is 56.8 Å². The number of para-hydroxylation sites is 1. The molecule has 3 aliphatic heterocycles. The number of methoxy groups -OCH3 is 2. The van der Waals surface area contributed by atoms with E-state index in [1.807, 2.05) is 48.5 Å². The Kier molecular flexibility index (Phi) is 5.65. The van der Waals surface area contributed by atoms with Gasteiger partial charge in [0, 0.05) is 38.1 Å². The Hall–Kier alpha value is -3.59. The van der Waals surface area contributed by atoms with E-state index in [0.717, 1.165) is 34.1 Å². The van der Waals surface area contributed by atoms with E-state index < -0.39 is 29.3 Å². The van der Waals surface area contributed by atoms with Crippen LogP contribution in [0.5, 0.6) is 5.75 Å². The third-order valence-corrected chi connectivity index (χ3v) is 7.17. The molecule has 4 amide bonds. The summed E-state index contributed by atoms with van der Waals surface area (Å²) in [7, 11) is 3.14. The molecule has 34 heavy (non-hydrogen) atoms. The molecule has 178 valence electrons. The molecule has 2 atom stereocenters. The normalized spacial score (nSPS) is 24.1. The number of nitrogens with one attached hydrogen (secondary N) is 1. The predicted molar refractivity (Wildman–Crippen MR) is 126 cm³/mol. The van der Waals surface area contributed by atoms with Crippen LogP contribution >= 0.6 is 0 Å². The average Bonchev–Trinajstić information content (AvgIpc) is 2.87. The lowest BCUT2D eigenvalue weighted by atomic mass is 9.67. The van der Waals surface area contributed by atoms with Crippen LogP contribution in [-0.4, -0.2) is 75.8 Å². The highest BCUT2D eigenvalue weighted by Gasteiger charge is 2.62. The van der Waals surface area contributed by atoms with Gasteiger partial charge in [-0.15, -0.1) is 0 Å². The number of carbonyl (C=O) groups is 3. The second-order valence-corrected chi connectivity index (χ2v) is 8.84. The molecular formula is C25H28N4O5. The third-order valence-electron chi connectivity index (χ3n) is 7.17. The van der Waals surface area contributed by atoms with Crippen LogP contribution in [0.2, 0.25) is 0 Å². The van der Waals surface area contributed by atoms with Crippen LogP contribution in [-0.2, 0) is 20.7 Å². The number of piperazine rings is 1. The number of anilines is 2. The maximum Gasteiger partial charge on any atom is 0.330 e. The Morgan fingerprint density at radius 3 is 2.53 bits per heavy atom. The summed E-state index contributed by atoms with van der Waals surface area (Å²) in [5, 5.41) is 2.47. The first-order valence-corrected chi connectivity index (χ1v) is 11.4. The Labute approximate surface area is 198 Å². The van der Waals surface area contributed by atoms with Gasteiger partial charge in [-0.05, 0) is 42.3 Å². The van der Waals surface area contributed by atoms with Crippen molar-refractivity contribution in [3.05, 3.63) is 54.1 Å². The molecule has 2 aromatic carbocycles. The van der Waals surface area contributed by atoms with Gasteiger partial charge in [0.2, 0.25) is 11.8 Å². The fourth-order valence-electron chi connectivity index (χ4n) is 5.42. The van der Waals surface area contributed by atoms with Gasteiger partial charge in [-0.3, -0.25) is 19.8 Å². The quantitative estimate of drug-likeness (QED) is 0.673. The number of rotatable bonds is 5. The van der Waals surface area contributed by atoms with Gasteiger partial charge in [-0.25, -0.2) is 4.79 Å². The largest absolute Gasteiger partial charge is 0.497 e. The minimum Gasteiger partial charge on any atom is -0.497 e. The fourth-order valence-corrected chi connectivity index (χ4v) is 5.42. The molecule has 1 N–H and O–H groups in total. The van der Waals surface area contributed by atoms with Crippen molar-refractivity contribution in [3.8, 4) is 5.75 Å². The average molecular weight is 465 g/mol. The van der Waals surface area contributed by atoms with Gasteiger partial charge in [0.15, 0.2) is 5.41 Å². The highest BCUT2D eigenvalue weighted by molar-refractivity contribution is 6.20. The summed E-state index contributed by atoms with van der Waals surface area (Å²) >= 11 is 0. The van der Waals surface area contributed by atoms with Gasteiger partial charge in [0.25, 0.3) is 0 Å². The minimum atomic E-state index is -1.42. The zero-order chi connectivity index (χ0) is 23.9. The second-order valence-electron chi connectivity index (χ2n) is 8.84. The molecule has 0 aromatic heterocycles. The lowest BCUT2D eigenvalue weighted by Crippen LogP contribution is -2.75. The Bertz CT molecular complexity index is 1120. The molecule has 2 saturated heterocycles. The Morgan fingerprint density at radius 2 is 1.79 bits per heavy atom. The smallest absolute Gasteiger partial charge is 0.330 e. The maximum atomic E-state index is 13.9. The fraction of sp³-hybridized carbons (Fsp3) is 0.400. The highest BCUT2D eigenvalue weighted by Crippen LogP contribution is 2.46. The van der Waals surface area contributed by atoms with Crippen molar-refractivity contribution in [2.24, 2.45) is 5.41 Å². The maximum absolute atomic E-state index is 13.9. The zero-order valence-electron chi connectivity index (χ0n) is 19.3. The van der Waals surface area contributed by atoms with E-state index in [-0.39, 0.29) is 19.6 Å². The summed E-state index contributed by atoms with van der Waals surface area (Å²) in [5.41, 5.74) is 1.54. The van der Waals surface area contributed by atoms with Crippen LogP contribution in [0.25, 0.3) is 0 Å². The van der Waals surface area contributed by atoms with Gasteiger partial charge in [0.05, 0.1) is 26.3 Å². The van der Waals surface area contributed by atoms with Crippen LogP contribution in [0.4, 0.5) is 16.2 Å². The standard InChI is InChI=1S/C25H28N4O5/c1-33-14-13-29-23(31)25(22(30)26-24(29)32)15-17-5-3-4-6-20(17)28-12-11-27(16-21(25)28)18-7-9-19(34-2)10-8-18/h3-10,21H,11-16H2,1-2H3,(H,26,30,32)/t21-,25-/m1/s1. The van der Waals surface area contributed by atoms with Gasteiger partial charge in [-0.2, -0.15) is 0 Å². The van der Waals surface area contributed by atoms with Crippen molar-refractivity contribution >= 4 is 29.2 Å². The zero-order valence-corrected chi connectivity index (χ0v) is 19.3. The highest BCUT2D eigenvalue weighted by atomic mass is 16.5. The lowest BCUT2D eigenvalue weighted by Gasteiger charge is -2.55. The van der Waals surface area contributed by atoms with Crippen LogP contribution in [0.15, 0.2) is 48.5 Å². The van der Waals surface area contributed by atoms with E-state index in [9.17, 15) is 14.4 Å². The number of urea groups is 1. The number of hydrogen-bond donors (Lipinski definition) is 1. The Morgan fingerprint density at radius 1 is 1.03 bits per heavy atom. The molecule has 0 saturated carbocycles. The number of imide groups is 2. The first-order chi connectivity index (χ1) is 16.5. The lowest BCUT2D eigenvalue weighted by molar-refractivity contribution is -0.154. The Balaban J connectivity index is 1.57. The summed E-state index contributed by atoms with van der Waals surface area (Å²) in [4.78, 5) is 45.5. The number of amides is 4. The number of ether oxygens (including phenoxy) is 2. The predicted octanol–water partition coefficient (Wildman–Crippen LogP) is 1.66. The molecule has 9 nitrogen and oxygen atoms in total. The van der Waals surface area contributed by atoms with Gasteiger partial charge >= 0.3 is 6.03 Å². The molecule has 3 aliphatic rings. The minimum absolute atomic E-state index is 0.0900. The molecule has 0 radical (unpaired) electrons. The van der Waals surface area contributed by atoms with Crippen molar-refractivity contribution < 1.29 is 23.9 Å². The molecule has 9 heteroatoms. The van der Waals surface area contributed by atoms with Crippen LogP contribution < -0.4 is 19.9 Å². The number of carbonyl (C=O) groups excluding carboxylic acids is 3. The van der Waals surface area contributed by atoms with E-state index in [1.54, 1.807) is 7.11 Å². The summed E-state index contributed by atoms with van der Waals surface area (Å²) < 4.78 is 10.4. The molecule has 0 aliphatic carbocycles. The number of fused-ring (bicyclic) bond motifs is 4. The van der Waals surface area contributed by atoms with E-state index in [4.69, 9.17) is 9.47 Å². The molecule has 3 heterocycles. The number of benzene rings is 2. The first-order valence-electron chi connectivity index (χ1n) is 11.4. The molecule has 0 bridgehead atoms. The third kappa shape index (κ3) is 3.38. The van der Waals surface area contributed by atoms with E-state index in [1.165, 1.54) is 7.11 Å². The summed E-state index contributed by atoms with van der Waals surface area (Å²) in [6, 6.07) is 14.5.